The van der Waals surface area contributed by atoms with Crippen LogP contribution in [-0.4, -0.2) is 29.4 Å². The predicted molar refractivity (Wildman–Crippen MR) is 79.9 cm³/mol. The lowest BCUT2D eigenvalue weighted by atomic mass is 9.98. The number of carbonyl (C=O) groups is 2. The molecule has 0 bridgehead atoms. The topological polar surface area (TPSA) is 46.6 Å². The van der Waals surface area contributed by atoms with E-state index < -0.39 is 5.60 Å². The maximum atomic E-state index is 12.1. The van der Waals surface area contributed by atoms with Crippen molar-refractivity contribution < 1.29 is 14.3 Å². The minimum Gasteiger partial charge on any atom is -0.444 e. The fraction of sp³-hybridized carbons (Fsp3) is 0.467. The van der Waals surface area contributed by atoms with Crippen molar-refractivity contribution in [3.63, 3.8) is 0 Å². The van der Waals surface area contributed by atoms with E-state index in [2.05, 4.69) is 15.9 Å². The van der Waals surface area contributed by atoms with Gasteiger partial charge in [0.15, 0.2) is 6.29 Å². The highest BCUT2D eigenvalue weighted by Crippen LogP contribution is 2.26. The average Bonchev–Trinajstić information content (AvgIpc) is 2.35. The standard InChI is InChI=1S/C15H18BrNO3/c1-15(2,3)20-14(19)17-5-4-10-6-12(9-18)13(16)7-11(10)8-17/h6-7,9H,4-5,8H2,1-3H3. The molecule has 1 aromatic rings. The van der Waals surface area contributed by atoms with E-state index in [4.69, 9.17) is 4.74 Å². The van der Waals surface area contributed by atoms with Gasteiger partial charge in [0.05, 0.1) is 0 Å². The molecule has 108 valence electrons. The Bertz CT molecular complexity index is 549. The van der Waals surface area contributed by atoms with Crippen LogP contribution in [0.15, 0.2) is 16.6 Å². The molecule has 1 aliphatic heterocycles. The van der Waals surface area contributed by atoms with E-state index in [0.29, 0.717) is 18.7 Å². The smallest absolute Gasteiger partial charge is 0.410 e. The number of hydrogen-bond donors (Lipinski definition) is 0. The van der Waals surface area contributed by atoms with Gasteiger partial charge < -0.3 is 9.64 Å². The van der Waals surface area contributed by atoms with Gasteiger partial charge >= 0.3 is 6.09 Å². The highest BCUT2D eigenvalue weighted by Gasteiger charge is 2.26. The van der Waals surface area contributed by atoms with E-state index in [9.17, 15) is 9.59 Å². The third kappa shape index (κ3) is 3.39. The van der Waals surface area contributed by atoms with Crippen LogP contribution in [0, 0.1) is 0 Å². The second-order valence-electron chi connectivity index (χ2n) is 5.91. The monoisotopic (exact) mass is 339 g/mol. The Morgan fingerprint density at radius 3 is 2.65 bits per heavy atom. The first-order chi connectivity index (χ1) is 9.30. The Balaban J connectivity index is 2.17. The third-order valence-corrected chi connectivity index (χ3v) is 3.80. The van der Waals surface area contributed by atoms with Crippen LogP contribution in [0.4, 0.5) is 4.79 Å². The van der Waals surface area contributed by atoms with Gasteiger partial charge in [-0.1, -0.05) is 15.9 Å². The first kappa shape index (κ1) is 15.0. The zero-order chi connectivity index (χ0) is 14.9. The number of ether oxygens (including phenoxy) is 1. The van der Waals surface area contributed by atoms with E-state index in [-0.39, 0.29) is 6.09 Å². The normalized spacial score (nSPS) is 14.7. The summed E-state index contributed by atoms with van der Waals surface area (Å²) in [5.74, 6) is 0. The van der Waals surface area contributed by atoms with E-state index >= 15 is 0 Å². The van der Waals surface area contributed by atoms with Crippen molar-refractivity contribution in [2.75, 3.05) is 6.54 Å². The number of benzene rings is 1. The Hall–Kier alpha value is -1.36. The van der Waals surface area contributed by atoms with Gasteiger partial charge in [0.2, 0.25) is 0 Å². The molecule has 1 heterocycles. The molecule has 0 N–H and O–H groups in total. The lowest BCUT2D eigenvalue weighted by molar-refractivity contribution is 0.0224. The molecule has 20 heavy (non-hydrogen) atoms. The molecule has 0 aliphatic carbocycles. The number of halogens is 1. The van der Waals surface area contributed by atoms with Gasteiger partial charge in [-0.15, -0.1) is 0 Å². The lowest BCUT2D eigenvalue weighted by Crippen LogP contribution is -2.39. The minimum absolute atomic E-state index is 0.293. The van der Waals surface area contributed by atoms with Crippen LogP contribution in [0.1, 0.15) is 42.3 Å². The van der Waals surface area contributed by atoms with Gasteiger partial charge in [0.1, 0.15) is 5.60 Å². The number of fused-ring (bicyclic) bond motifs is 1. The Kier molecular flexibility index (Phi) is 4.18. The van der Waals surface area contributed by atoms with Crippen LogP contribution < -0.4 is 0 Å². The quantitative estimate of drug-likeness (QED) is 0.735. The van der Waals surface area contributed by atoms with E-state index in [1.54, 1.807) is 4.90 Å². The summed E-state index contributed by atoms with van der Waals surface area (Å²) in [6, 6.07) is 3.80. The second-order valence-corrected chi connectivity index (χ2v) is 6.77. The van der Waals surface area contributed by atoms with E-state index in [1.165, 1.54) is 0 Å². The molecular weight excluding hydrogens is 322 g/mol. The number of amides is 1. The second kappa shape index (κ2) is 5.56. The molecular formula is C15H18BrNO3. The Labute approximate surface area is 127 Å². The van der Waals surface area contributed by atoms with Gasteiger partial charge in [0, 0.05) is 23.1 Å². The lowest BCUT2D eigenvalue weighted by Gasteiger charge is -2.31. The molecule has 0 spiro atoms. The van der Waals surface area contributed by atoms with Gasteiger partial charge in [0.25, 0.3) is 0 Å². The SMILES string of the molecule is CC(C)(C)OC(=O)N1CCc2cc(C=O)c(Br)cc2C1. The maximum Gasteiger partial charge on any atom is 0.410 e. The van der Waals surface area contributed by atoms with Crippen LogP contribution in [-0.2, 0) is 17.7 Å². The van der Waals surface area contributed by atoms with Crippen LogP contribution in [0.3, 0.4) is 0 Å². The fourth-order valence-corrected chi connectivity index (χ4v) is 2.66. The van der Waals surface area contributed by atoms with Gasteiger partial charge in [-0.2, -0.15) is 0 Å². The fourth-order valence-electron chi connectivity index (χ4n) is 2.17. The summed E-state index contributed by atoms with van der Waals surface area (Å²) < 4.78 is 6.15. The number of carbonyl (C=O) groups excluding carboxylic acids is 2. The van der Waals surface area contributed by atoms with Crippen LogP contribution >= 0.6 is 15.9 Å². The molecule has 0 unspecified atom stereocenters. The zero-order valence-electron chi connectivity index (χ0n) is 11.9. The molecule has 0 radical (unpaired) electrons. The Morgan fingerprint density at radius 2 is 2.05 bits per heavy atom. The van der Waals surface area contributed by atoms with E-state index in [1.807, 2.05) is 32.9 Å². The summed E-state index contributed by atoms with van der Waals surface area (Å²) >= 11 is 3.38. The molecule has 4 nitrogen and oxygen atoms in total. The largest absolute Gasteiger partial charge is 0.444 e. The average molecular weight is 340 g/mol. The van der Waals surface area contributed by atoms with Crippen LogP contribution in [0.5, 0.6) is 0 Å². The molecule has 0 saturated carbocycles. The maximum absolute atomic E-state index is 12.1. The van der Waals surface area contributed by atoms with Crippen molar-refractivity contribution >= 4 is 28.3 Å². The summed E-state index contributed by atoms with van der Waals surface area (Å²) in [4.78, 5) is 24.7. The first-order valence-electron chi connectivity index (χ1n) is 6.54. The number of hydrogen-bond acceptors (Lipinski definition) is 3. The molecule has 0 fully saturated rings. The summed E-state index contributed by atoms with van der Waals surface area (Å²) in [6.07, 6.45) is 1.28. The first-order valence-corrected chi connectivity index (χ1v) is 7.34. The molecule has 0 saturated heterocycles. The molecule has 0 atom stereocenters. The number of rotatable bonds is 1. The Morgan fingerprint density at radius 1 is 1.35 bits per heavy atom. The van der Waals surface area contributed by atoms with Crippen molar-refractivity contribution in [3.8, 4) is 0 Å². The summed E-state index contributed by atoms with van der Waals surface area (Å²) in [5.41, 5.74) is 2.34. The van der Waals surface area contributed by atoms with Crippen molar-refractivity contribution in [2.45, 2.75) is 39.3 Å². The molecule has 0 aromatic heterocycles. The minimum atomic E-state index is -0.487. The summed E-state index contributed by atoms with van der Waals surface area (Å²) in [5, 5.41) is 0. The highest BCUT2D eigenvalue weighted by atomic mass is 79.9. The van der Waals surface area contributed by atoms with E-state index in [0.717, 1.165) is 28.3 Å². The summed E-state index contributed by atoms with van der Waals surface area (Å²) in [7, 11) is 0. The molecule has 5 heteroatoms. The predicted octanol–water partition coefficient (Wildman–Crippen LogP) is 3.55. The number of nitrogens with zero attached hydrogens (tertiary/aromatic N) is 1. The molecule has 1 amide bonds. The number of aldehydes is 1. The highest BCUT2D eigenvalue weighted by molar-refractivity contribution is 9.10. The van der Waals surface area contributed by atoms with Gasteiger partial charge in [-0.25, -0.2) is 4.79 Å². The van der Waals surface area contributed by atoms with Crippen molar-refractivity contribution in [3.05, 3.63) is 33.3 Å². The molecule has 1 aromatic carbocycles. The van der Waals surface area contributed by atoms with Crippen LogP contribution in [0.2, 0.25) is 0 Å². The van der Waals surface area contributed by atoms with Crippen molar-refractivity contribution in [2.24, 2.45) is 0 Å². The van der Waals surface area contributed by atoms with Crippen molar-refractivity contribution in [1.29, 1.82) is 0 Å². The van der Waals surface area contributed by atoms with Crippen molar-refractivity contribution in [1.82, 2.24) is 4.90 Å². The van der Waals surface area contributed by atoms with Gasteiger partial charge in [-0.05, 0) is 50.5 Å². The van der Waals surface area contributed by atoms with Crippen LogP contribution in [0.25, 0.3) is 0 Å². The zero-order valence-corrected chi connectivity index (χ0v) is 13.5. The third-order valence-electron chi connectivity index (χ3n) is 3.11. The molecule has 1 aliphatic rings. The van der Waals surface area contributed by atoms with Gasteiger partial charge in [-0.3, -0.25) is 4.79 Å². The molecule has 2 rings (SSSR count). The summed E-state index contributed by atoms with van der Waals surface area (Å²) in [6.45, 7) is 6.70.